The number of carbonyl (C=O) groups is 2. The van der Waals surface area contributed by atoms with E-state index < -0.39 is 36.4 Å². The van der Waals surface area contributed by atoms with E-state index in [0.29, 0.717) is 26.2 Å². The van der Waals surface area contributed by atoms with E-state index in [2.05, 4.69) is 0 Å². The molecule has 1 aromatic rings. The van der Waals surface area contributed by atoms with Gasteiger partial charge in [-0.15, -0.1) is 0 Å². The molecule has 0 saturated carbocycles. The summed E-state index contributed by atoms with van der Waals surface area (Å²) in [4.78, 5) is 27.1. The number of aliphatic hydroxyl groups excluding tert-OH is 3. The summed E-state index contributed by atoms with van der Waals surface area (Å²) in [5, 5.41) is 41.0. The molecule has 28 heavy (non-hydrogen) atoms. The quantitative estimate of drug-likeness (QED) is 0.352. The van der Waals surface area contributed by atoms with Crippen LogP contribution in [0.25, 0.3) is 0 Å². The zero-order chi connectivity index (χ0) is 20.7. The maximum Gasteiger partial charge on any atom is 0.254 e. The number of aldehydes is 1. The van der Waals surface area contributed by atoms with Gasteiger partial charge in [-0.25, -0.2) is 0 Å². The van der Waals surface area contributed by atoms with Crippen LogP contribution in [0.4, 0.5) is 0 Å². The van der Waals surface area contributed by atoms with Crippen LogP contribution in [-0.2, 0) is 20.9 Å². The fraction of sp³-hybridized carbons (Fsp3) is 0.579. The SMILES string of the molecule is CN1CCN(C(=O)[C@H](O)[C@@H](O)[C@H](O)C(O)(C=O)COCc2ccccc2)CC1. The van der Waals surface area contributed by atoms with Gasteiger partial charge in [0.05, 0.1) is 13.2 Å². The van der Waals surface area contributed by atoms with E-state index in [0.717, 1.165) is 5.56 Å². The van der Waals surface area contributed by atoms with Crippen LogP contribution in [0, 0.1) is 0 Å². The molecule has 4 N–H and O–H groups in total. The molecule has 2 rings (SSSR count). The largest absolute Gasteiger partial charge is 0.387 e. The highest BCUT2D eigenvalue weighted by Crippen LogP contribution is 2.17. The molecule has 1 saturated heterocycles. The minimum atomic E-state index is -2.47. The van der Waals surface area contributed by atoms with E-state index >= 15 is 0 Å². The number of piperazine rings is 1. The van der Waals surface area contributed by atoms with Crippen molar-refractivity contribution in [3.63, 3.8) is 0 Å². The molecule has 156 valence electrons. The molecule has 0 aliphatic carbocycles. The minimum Gasteiger partial charge on any atom is -0.387 e. The fourth-order valence-electron chi connectivity index (χ4n) is 2.92. The number of hydrogen-bond donors (Lipinski definition) is 4. The van der Waals surface area contributed by atoms with Gasteiger partial charge in [0.15, 0.2) is 18.0 Å². The van der Waals surface area contributed by atoms with Crippen LogP contribution < -0.4 is 0 Å². The van der Waals surface area contributed by atoms with Crippen LogP contribution in [0.15, 0.2) is 30.3 Å². The predicted octanol–water partition coefficient (Wildman–Crippen LogP) is -2.01. The Hall–Kier alpha value is -1.88. The van der Waals surface area contributed by atoms with Crippen LogP contribution >= 0.6 is 0 Å². The Morgan fingerprint density at radius 3 is 2.36 bits per heavy atom. The van der Waals surface area contributed by atoms with E-state index in [1.807, 2.05) is 18.0 Å². The molecule has 0 bridgehead atoms. The van der Waals surface area contributed by atoms with E-state index in [9.17, 15) is 30.0 Å². The van der Waals surface area contributed by atoms with E-state index in [1.54, 1.807) is 24.3 Å². The molecule has 9 heteroatoms. The van der Waals surface area contributed by atoms with Gasteiger partial charge in [-0.3, -0.25) is 9.59 Å². The zero-order valence-electron chi connectivity index (χ0n) is 15.8. The van der Waals surface area contributed by atoms with Crippen molar-refractivity contribution in [1.29, 1.82) is 0 Å². The third-order valence-electron chi connectivity index (χ3n) is 4.88. The first-order valence-corrected chi connectivity index (χ1v) is 9.10. The lowest BCUT2D eigenvalue weighted by atomic mass is 9.91. The molecule has 4 atom stereocenters. The number of rotatable bonds is 9. The van der Waals surface area contributed by atoms with Gasteiger partial charge in [0.2, 0.25) is 0 Å². The lowest BCUT2D eigenvalue weighted by Gasteiger charge is -2.36. The molecule has 0 aromatic heterocycles. The smallest absolute Gasteiger partial charge is 0.254 e. The first-order chi connectivity index (χ1) is 13.3. The van der Waals surface area contributed by atoms with E-state index in [1.165, 1.54) is 4.90 Å². The van der Waals surface area contributed by atoms with Crippen molar-refractivity contribution < 1.29 is 34.8 Å². The highest BCUT2D eigenvalue weighted by atomic mass is 16.5. The first kappa shape index (κ1) is 22.4. The van der Waals surface area contributed by atoms with Crippen molar-refractivity contribution in [2.75, 3.05) is 39.8 Å². The lowest BCUT2D eigenvalue weighted by molar-refractivity contribution is -0.183. The Bertz CT molecular complexity index is 636. The molecule has 1 heterocycles. The Morgan fingerprint density at radius 1 is 1.18 bits per heavy atom. The number of amides is 1. The molecule has 1 fully saturated rings. The monoisotopic (exact) mass is 396 g/mol. The summed E-state index contributed by atoms with van der Waals surface area (Å²) in [6, 6.07) is 8.98. The number of aliphatic hydroxyl groups is 4. The van der Waals surface area contributed by atoms with Gasteiger partial charge >= 0.3 is 0 Å². The van der Waals surface area contributed by atoms with Crippen LogP contribution in [-0.4, -0.2) is 106 Å². The average Bonchev–Trinajstić information content (AvgIpc) is 2.72. The van der Waals surface area contributed by atoms with Gasteiger partial charge in [-0.2, -0.15) is 0 Å². The van der Waals surface area contributed by atoms with Crippen LogP contribution in [0.2, 0.25) is 0 Å². The minimum absolute atomic E-state index is 0.0406. The Balaban J connectivity index is 1.94. The second kappa shape index (κ2) is 10.1. The summed E-state index contributed by atoms with van der Waals surface area (Å²) in [7, 11) is 1.90. The molecular formula is C19H28N2O7. The second-order valence-electron chi connectivity index (χ2n) is 7.10. The Kier molecular flexibility index (Phi) is 8.05. The van der Waals surface area contributed by atoms with E-state index in [4.69, 9.17) is 4.74 Å². The van der Waals surface area contributed by atoms with Crippen molar-refractivity contribution in [1.82, 2.24) is 9.80 Å². The number of benzene rings is 1. The van der Waals surface area contributed by atoms with E-state index in [-0.39, 0.29) is 12.9 Å². The molecular weight excluding hydrogens is 368 g/mol. The Labute approximate surface area is 163 Å². The van der Waals surface area contributed by atoms with Crippen molar-refractivity contribution in [2.24, 2.45) is 0 Å². The molecule has 0 radical (unpaired) electrons. The third-order valence-corrected chi connectivity index (χ3v) is 4.88. The zero-order valence-corrected chi connectivity index (χ0v) is 15.8. The number of nitrogens with zero attached hydrogens (tertiary/aromatic N) is 2. The van der Waals surface area contributed by atoms with Crippen LogP contribution in [0.1, 0.15) is 5.56 Å². The third kappa shape index (κ3) is 5.57. The standard InChI is InChI=1S/C19H28N2O7/c1-20-7-9-21(10-8-20)18(26)16(24)15(23)17(25)19(27,12-22)13-28-11-14-5-3-2-4-6-14/h2-6,12,15-17,23-25,27H,7-11,13H2,1H3/t15-,16-,17+,19?/m1/s1. The molecule has 1 aliphatic heterocycles. The number of likely N-dealkylation sites (N-methyl/N-ethyl adjacent to an activating group) is 1. The fourth-order valence-corrected chi connectivity index (χ4v) is 2.92. The first-order valence-electron chi connectivity index (χ1n) is 9.10. The Morgan fingerprint density at radius 2 is 1.79 bits per heavy atom. The average molecular weight is 396 g/mol. The maximum absolute atomic E-state index is 12.4. The summed E-state index contributed by atoms with van der Waals surface area (Å²) in [5.74, 6) is -0.766. The molecule has 1 aliphatic rings. The molecule has 1 amide bonds. The van der Waals surface area contributed by atoms with Crippen molar-refractivity contribution in [2.45, 2.75) is 30.5 Å². The molecule has 1 aromatic carbocycles. The topological polar surface area (TPSA) is 131 Å². The van der Waals surface area contributed by atoms with Gasteiger partial charge in [-0.05, 0) is 12.6 Å². The summed E-state index contributed by atoms with van der Waals surface area (Å²) >= 11 is 0. The molecule has 1 unspecified atom stereocenters. The van der Waals surface area contributed by atoms with Gasteiger partial charge in [0, 0.05) is 26.2 Å². The van der Waals surface area contributed by atoms with Gasteiger partial charge in [-0.1, -0.05) is 30.3 Å². The number of hydrogen-bond acceptors (Lipinski definition) is 8. The summed E-state index contributed by atoms with van der Waals surface area (Å²) in [6.07, 6.45) is -6.09. The normalized spacial score (nSPS) is 20.8. The second-order valence-corrected chi connectivity index (χ2v) is 7.10. The number of carbonyl (C=O) groups excluding carboxylic acids is 2. The molecule has 0 spiro atoms. The lowest BCUT2D eigenvalue weighted by Crippen LogP contribution is -2.60. The summed E-state index contributed by atoms with van der Waals surface area (Å²) < 4.78 is 5.28. The highest BCUT2D eigenvalue weighted by molar-refractivity contribution is 5.81. The predicted molar refractivity (Wildman–Crippen MR) is 99.2 cm³/mol. The van der Waals surface area contributed by atoms with Gasteiger partial charge in [0.25, 0.3) is 5.91 Å². The van der Waals surface area contributed by atoms with Gasteiger partial charge < -0.3 is 35.0 Å². The summed E-state index contributed by atoms with van der Waals surface area (Å²) in [5.41, 5.74) is -1.69. The molecule has 9 nitrogen and oxygen atoms in total. The van der Waals surface area contributed by atoms with Crippen molar-refractivity contribution >= 4 is 12.2 Å². The van der Waals surface area contributed by atoms with Crippen molar-refractivity contribution in [3.05, 3.63) is 35.9 Å². The van der Waals surface area contributed by atoms with Crippen molar-refractivity contribution in [3.8, 4) is 0 Å². The van der Waals surface area contributed by atoms with Crippen LogP contribution in [0.5, 0.6) is 0 Å². The summed E-state index contributed by atoms with van der Waals surface area (Å²) in [6.45, 7) is 1.42. The van der Waals surface area contributed by atoms with Gasteiger partial charge in [0.1, 0.15) is 12.2 Å². The van der Waals surface area contributed by atoms with Crippen LogP contribution in [0.3, 0.4) is 0 Å². The maximum atomic E-state index is 12.4. The number of ether oxygens (including phenoxy) is 1. The highest BCUT2D eigenvalue weighted by Gasteiger charge is 2.45.